The summed E-state index contributed by atoms with van der Waals surface area (Å²) >= 11 is 13.5. The third-order valence-electron chi connectivity index (χ3n) is 5.46. The Morgan fingerprint density at radius 1 is 1.32 bits per heavy atom. The molecule has 0 spiro atoms. The van der Waals surface area contributed by atoms with Gasteiger partial charge in [0, 0.05) is 26.2 Å². The number of nitrogens with zero attached hydrogens (tertiary/aromatic N) is 4. The van der Waals surface area contributed by atoms with Gasteiger partial charge in [0.1, 0.15) is 9.40 Å². The van der Waals surface area contributed by atoms with Crippen molar-refractivity contribution >= 4 is 61.1 Å². The minimum absolute atomic E-state index is 0.152. The summed E-state index contributed by atoms with van der Waals surface area (Å²) in [4.78, 5) is 29.2. The standard InChI is InChI=1S/C17H19Br2ClFN4O3/c1-22-14(26)13-24(15(17(18,19)10-20)23-6-8-28-9-7-23)25(13,16(22)27)12-5-3-2-4-11(12)21/h2-5,13,15H,6-10H2,1H3/q+1. The maximum Gasteiger partial charge on any atom is 0.452 e. The molecule has 3 aliphatic rings. The van der Waals surface area contributed by atoms with Gasteiger partial charge in [-0.1, -0.05) is 48.6 Å². The van der Waals surface area contributed by atoms with Gasteiger partial charge in [0.2, 0.25) is 0 Å². The van der Waals surface area contributed by atoms with Gasteiger partial charge in [-0.05, 0) is 11.1 Å². The number of alkyl halides is 3. The second-order valence-electron chi connectivity index (χ2n) is 6.99. The molecule has 7 nitrogen and oxygen atoms in total. The van der Waals surface area contributed by atoms with Crippen LogP contribution in [0.4, 0.5) is 14.9 Å². The Morgan fingerprint density at radius 3 is 2.57 bits per heavy atom. The molecule has 4 atom stereocenters. The maximum atomic E-state index is 14.8. The Balaban J connectivity index is 1.84. The molecule has 152 valence electrons. The molecule has 3 fully saturated rings. The molecular weight excluding hydrogens is 522 g/mol. The molecule has 0 aliphatic carbocycles. The highest BCUT2D eigenvalue weighted by molar-refractivity contribution is 9.25. The molecule has 1 aromatic rings. The average molecular weight is 542 g/mol. The minimum Gasteiger partial charge on any atom is -0.379 e. The highest BCUT2D eigenvalue weighted by atomic mass is 79.9. The summed E-state index contributed by atoms with van der Waals surface area (Å²) in [6.45, 7) is 2.24. The zero-order valence-electron chi connectivity index (χ0n) is 15.0. The zero-order chi connectivity index (χ0) is 20.3. The van der Waals surface area contributed by atoms with E-state index in [9.17, 15) is 14.0 Å². The van der Waals surface area contributed by atoms with E-state index in [-0.39, 0.29) is 17.5 Å². The van der Waals surface area contributed by atoms with Crippen molar-refractivity contribution in [1.29, 1.82) is 0 Å². The Morgan fingerprint density at radius 2 is 1.96 bits per heavy atom. The number of quaternary nitrogens is 1. The molecule has 0 saturated carbocycles. The van der Waals surface area contributed by atoms with Crippen LogP contribution in [0.1, 0.15) is 0 Å². The van der Waals surface area contributed by atoms with Crippen LogP contribution in [0.5, 0.6) is 0 Å². The van der Waals surface area contributed by atoms with Gasteiger partial charge < -0.3 is 4.74 Å². The fraction of sp³-hybridized carbons (Fsp3) is 0.529. The number of urea groups is 1. The topological polar surface area (TPSA) is 52.9 Å². The quantitative estimate of drug-likeness (QED) is 0.248. The van der Waals surface area contributed by atoms with Gasteiger partial charge in [0.25, 0.3) is 0 Å². The minimum atomic E-state index is -0.833. The van der Waals surface area contributed by atoms with Gasteiger partial charge in [0.15, 0.2) is 11.5 Å². The molecule has 4 rings (SSSR count). The first-order valence-electron chi connectivity index (χ1n) is 8.78. The van der Waals surface area contributed by atoms with Gasteiger partial charge in [0.05, 0.1) is 19.1 Å². The van der Waals surface area contributed by atoms with Crippen molar-refractivity contribution in [3.63, 3.8) is 0 Å². The molecule has 0 radical (unpaired) electrons. The number of ether oxygens (including phenoxy) is 1. The Labute approximate surface area is 183 Å². The van der Waals surface area contributed by atoms with Gasteiger partial charge >= 0.3 is 18.1 Å². The van der Waals surface area contributed by atoms with Crippen LogP contribution in [-0.2, 0) is 9.53 Å². The van der Waals surface area contributed by atoms with E-state index in [0.717, 1.165) is 4.90 Å². The molecular formula is C17H19Br2ClFN4O3+. The fourth-order valence-corrected chi connectivity index (χ4v) is 5.29. The van der Waals surface area contributed by atoms with Crippen molar-refractivity contribution in [3.05, 3.63) is 30.1 Å². The van der Waals surface area contributed by atoms with E-state index in [1.165, 1.54) is 13.1 Å². The fourth-order valence-electron chi connectivity index (χ4n) is 4.16. The van der Waals surface area contributed by atoms with Crippen molar-refractivity contribution in [2.24, 2.45) is 0 Å². The third kappa shape index (κ3) is 2.80. The van der Waals surface area contributed by atoms with E-state index in [1.807, 2.05) is 0 Å². The molecule has 4 unspecified atom stereocenters. The third-order valence-corrected chi connectivity index (χ3v) is 7.91. The SMILES string of the molecule is CN1C(=O)C2N(C(N3CCOCC3)C(Br)(Br)CCl)[N+]2(c2ccccc2F)C1=O. The van der Waals surface area contributed by atoms with Gasteiger partial charge in [-0.25, -0.2) is 14.1 Å². The number of imide groups is 1. The van der Waals surface area contributed by atoms with E-state index in [0.29, 0.717) is 26.3 Å². The van der Waals surface area contributed by atoms with Crippen LogP contribution in [0.15, 0.2) is 24.3 Å². The van der Waals surface area contributed by atoms with Gasteiger partial charge in [-0.3, -0.25) is 9.69 Å². The lowest BCUT2D eigenvalue weighted by Gasteiger charge is -2.40. The number of halogens is 4. The monoisotopic (exact) mass is 539 g/mol. The number of likely N-dealkylation sites (N-methyl/N-ethyl adjacent to an activating group) is 1. The largest absolute Gasteiger partial charge is 0.452 e. The average Bonchev–Trinajstić information content (AvgIpc) is 3.31. The number of para-hydroxylation sites is 1. The van der Waals surface area contributed by atoms with Crippen molar-refractivity contribution in [2.75, 3.05) is 39.2 Å². The molecule has 28 heavy (non-hydrogen) atoms. The van der Waals surface area contributed by atoms with E-state index in [1.54, 1.807) is 23.2 Å². The predicted molar refractivity (Wildman–Crippen MR) is 109 cm³/mol. The Hall–Kier alpha value is -0.620. The first-order chi connectivity index (χ1) is 13.3. The summed E-state index contributed by atoms with van der Waals surface area (Å²) in [5, 5.41) is 1.72. The van der Waals surface area contributed by atoms with E-state index >= 15 is 0 Å². The van der Waals surface area contributed by atoms with E-state index < -0.39 is 32.0 Å². The van der Waals surface area contributed by atoms with Crippen molar-refractivity contribution in [2.45, 2.75) is 15.6 Å². The number of hydrogen-bond donors (Lipinski definition) is 0. The van der Waals surface area contributed by atoms with Crippen molar-refractivity contribution in [3.8, 4) is 0 Å². The first-order valence-corrected chi connectivity index (χ1v) is 10.9. The van der Waals surface area contributed by atoms with Gasteiger partial charge in [-0.15, -0.1) is 11.6 Å². The lowest BCUT2D eigenvalue weighted by molar-refractivity contribution is -0.127. The number of carbonyl (C=O) groups is 2. The molecule has 0 N–H and O–H groups in total. The lowest BCUT2D eigenvalue weighted by atomic mass is 10.2. The molecule has 11 heteroatoms. The van der Waals surface area contributed by atoms with Gasteiger partial charge in [-0.2, -0.15) is 0 Å². The molecule has 0 aromatic heterocycles. The molecule has 3 aliphatic heterocycles. The Kier molecular flexibility index (Phi) is 5.35. The predicted octanol–water partition coefficient (Wildman–Crippen LogP) is 2.66. The first kappa shape index (κ1) is 20.6. The summed E-state index contributed by atoms with van der Waals surface area (Å²) < 4.78 is 18.9. The highest BCUT2D eigenvalue weighted by Crippen LogP contribution is 2.56. The smallest absolute Gasteiger partial charge is 0.379 e. The summed E-state index contributed by atoms with van der Waals surface area (Å²) in [6, 6.07) is 5.59. The summed E-state index contributed by atoms with van der Waals surface area (Å²) in [7, 11) is 1.43. The van der Waals surface area contributed by atoms with Crippen LogP contribution in [0.25, 0.3) is 0 Å². The summed E-state index contributed by atoms with van der Waals surface area (Å²) in [5.74, 6) is -0.738. The molecule has 1 aromatic carbocycles. The summed E-state index contributed by atoms with van der Waals surface area (Å²) in [6.07, 6.45) is -1.32. The van der Waals surface area contributed by atoms with Crippen molar-refractivity contribution < 1.29 is 18.7 Å². The molecule has 3 heterocycles. The van der Waals surface area contributed by atoms with Crippen LogP contribution in [0, 0.1) is 5.82 Å². The zero-order valence-corrected chi connectivity index (χ0v) is 19.0. The molecule has 3 saturated heterocycles. The number of amides is 3. The number of rotatable bonds is 5. The second kappa shape index (κ2) is 7.26. The number of morpholine rings is 1. The van der Waals surface area contributed by atoms with Crippen LogP contribution in [0.3, 0.4) is 0 Å². The van der Waals surface area contributed by atoms with Crippen LogP contribution in [0.2, 0.25) is 0 Å². The van der Waals surface area contributed by atoms with Crippen LogP contribution in [-0.4, -0.2) is 81.5 Å². The lowest BCUT2D eigenvalue weighted by Crippen LogP contribution is -2.60. The number of fused-ring (bicyclic) bond motifs is 1. The van der Waals surface area contributed by atoms with Crippen molar-refractivity contribution in [1.82, 2.24) is 19.4 Å². The normalized spacial score (nSPS) is 31.8. The van der Waals surface area contributed by atoms with Crippen LogP contribution < -0.4 is 4.59 Å². The number of hydrogen-bond acceptors (Lipinski definition) is 5. The van der Waals surface area contributed by atoms with Crippen LogP contribution >= 0.6 is 43.5 Å². The summed E-state index contributed by atoms with van der Waals surface area (Å²) in [5.41, 5.74) is 0.152. The highest BCUT2D eigenvalue weighted by Gasteiger charge is 2.86. The second-order valence-corrected chi connectivity index (χ2v) is 11.1. The Bertz CT molecular complexity index is 825. The maximum absolute atomic E-state index is 14.8. The van der Waals surface area contributed by atoms with E-state index in [4.69, 9.17) is 16.3 Å². The number of benzene rings is 1. The number of carbonyl (C=O) groups excluding carboxylic acids is 2. The molecule has 3 amide bonds. The molecule has 0 bridgehead atoms. The van der Waals surface area contributed by atoms with E-state index in [2.05, 4.69) is 36.8 Å².